The van der Waals surface area contributed by atoms with Gasteiger partial charge in [0.15, 0.2) is 0 Å². The largest absolute Gasteiger partial charge is 0.484 e. The Balaban J connectivity index is 2.18. The Morgan fingerprint density at radius 1 is 1.22 bits per heavy atom. The Hall–Kier alpha value is -1.29. The minimum Gasteiger partial charge on any atom is -0.484 e. The van der Waals surface area contributed by atoms with Gasteiger partial charge in [0.25, 0.3) is 0 Å². The summed E-state index contributed by atoms with van der Waals surface area (Å²) in [5.74, 6) is 0.628. The van der Waals surface area contributed by atoms with E-state index in [1.54, 1.807) is 30.6 Å². The summed E-state index contributed by atoms with van der Waals surface area (Å²) in [5, 5.41) is 0.950. The molecule has 2 N–H and O–H groups in total. The van der Waals surface area contributed by atoms with E-state index in [1.807, 2.05) is 12.1 Å². The number of ether oxygens (including phenoxy) is 1. The smallest absolute Gasteiger partial charge is 0.137 e. The van der Waals surface area contributed by atoms with Crippen LogP contribution in [-0.2, 0) is 0 Å². The molecule has 94 valence electrons. The normalized spacial score (nSPS) is 12.2. The molecule has 0 aliphatic carbocycles. The van der Waals surface area contributed by atoms with E-state index in [4.69, 9.17) is 33.7 Å². The molecule has 0 spiro atoms. The molecular weight excluding hydrogens is 271 g/mol. The Morgan fingerprint density at radius 3 is 2.67 bits per heavy atom. The van der Waals surface area contributed by atoms with Gasteiger partial charge in [0.2, 0.25) is 0 Å². The second-order valence-corrected chi connectivity index (χ2v) is 4.52. The van der Waals surface area contributed by atoms with Crippen LogP contribution in [0.1, 0.15) is 11.7 Å². The van der Waals surface area contributed by atoms with Crippen LogP contribution in [0.2, 0.25) is 10.0 Å². The van der Waals surface area contributed by atoms with Crippen molar-refractivity contribution < 1.29 is 4.74 Å². The predicted octanol–water partition coefficient (Wildman–Crippen LogP) is 3.47. The molecule has 0 amide bonds. The van der Waals surface area contributed by atoms with Crippen LogP contribution in [0.15, 0.2) is 42.7 Å². The first kappa shape index (κ1) is 13.1. The molecule has 1 aromatic carbocycles. The van der Waals surface area contributed by atoms with Crippen LogP contribution in [0.4, 0.5) is 0 Å². The highest BCUT2D eigenvalue weighted by Gasteiger charge is 2.12. The Morgan fingerprint density at radius 2 is 2.06 bits per heavy atom. The highest BCUT2D eigenvalue weighted by molar-refractivity contribution is 6.42. The van der Waals surface area contributed by atoms with Crippen molar-refractivity contribution in [2.24, 2.45) is 5.73 Å². The average Bonchev–Trinajstić information content (AvgIpc) is 2.41. The number of rotatable bonds is 4. The molecule has 0 aliphatic rings. The van der Waals surface area contributed by atoms with Crippen molar-refractivity contribution in [3.63, 3.8) is 0 Å². The van der Waals surface area contributed by atoms with Gasteiger partial charge in [-0.25, -0.2) is 0 Å². The van der Waals surface area contributed by atoms with Gasteiger partial charge in [0, 0.05) is 30.6 Å². The lowest BCUT2D eigenvalue weighted by Gasteiger charge is -2.17. The maximum absolute atomic E-state index is 5.93. The van der Waals surface area contributed by atoms with E-state index in [2.05, 4.69) is 4.98 Å². The maximum Gasteiger partial charge on any atom is 0.137 e. The second-order valence-electron chi connectivity index (χ2n) is 3.70. The van der Waals surface area contributed by atoms with E-state index in [0.29, 0.717) is 22.3 Å². The standard InChI is InChI=1S/C13H12Cl2N2O/c14-11-4-3-10(6-12(11)15)18-13(7-16)9-2-1-5-17-8-9/h1-6,8,13H,7,16H2. The fourth-order valence-electron chi connectivity index (χ4n) is 1.53. The van der Waals surface area contributed by atoms with Gasteiger partial charge >= 0.3 is 0 Å². The fraction of sp³-hybridized carbons (Fsp3) is 0.154. The van der Waals surface area contributed by atoms with Gasteiger partial charge in [0.05, 0.1) is 10.0 Å². The number of nitrogens with two attached hydrogens (primary N) is 1. The molecule has 1 aromatic heterocycles. The molecule has 18 heavy (non-hydrogen) atoms. The highest BCUT2D eigenvalue weighted by Crippen LogP contribution is 2.28. The molecule has 1 heterocycles. The SMILES string of the molecule is NCC(Oc1ccc(Cl)c(Cl)c1)c1cccnc1. The Kier molecular flexibility index (Phi) is 4.42. The zero-order valence-electron chi connectivity index (χ0n) is 9.51. The molecule has 0 bridgehead atoms. The number of hydrogen-bond donors (Lipinski definition) is 1. The molecule has 3 nitrogen and oxygen atoms in total. The van der Waals surface area contributed by atoms with Crippen LogP contribution in [0.5, 0.6) is 5.75 Å². The van der Waals surface area contributed by atoms with Crippen LogP contribution in [0.3, 0.4) is 0 Å². The fourth-order valence-corrected chi connectivity index (χ4v) is 1.82. The van der Waals surface area contributed by atoms with Crippen LogP contribution in [-0.4, -0.2) is 11.5 Å². The lowest BCUT2D eigenvalue weighted by atomic mass is 10.1. The Labute approximate surface area is 115 Å². The molecule has 0 aliphatic heterocycles. The molecule has 0 saturated carbocycles. The first-order chi connectivity index (χ1) is 8.70. The first-order valence-electron chi connectivity index (χ1n) is 5.42. The summed E-state index contributed by atoms with van der Waals surface area (Å²) in [5.41, 5.74) is 6.63. The third-order valence-electron chi connectivity index (χ3n) is 2.44. The summed E-state index contributed by atoms with van der Waals surface area (Å²) in [4.78, 5) is 4.04. The van der Waals surface area contributed by atoms with Crippen molar-refractivity contribution in [1.29, 1.82) is 0 Å². The van der Waals surface area contributed by atoms with Gasteiger partial charge in [-0.05, 0) is 18.2 Å². The summed E-state index contributed by atoms with van der Waals surface area (Å²) in [6.45, 7) is 0.353. The topological polar surface area (TPSA) is 48.1 Å². The van der Waals surface area contributed by atoms with Crippen molar-refractivity contribution in [3.8, 4) is 5.75 Å². The molecule has 1 unspecified atom stereocenters. The van der Waals surface area contributed by atoms with Crippen LogP contribution in [0.25, 0.3) is 0 Å². The predicted molar refractivity (Wildman–Crippen MR) is 73.1 cm³/mol. The van der Waals surface area contributed by atoms with E-state index in [9.17, 15) is 0 Å². The van der Waals surface area contributed by atoms with Crippen LogP contribution in [0, 0.1) is 0 Å². The molecule has 5 heteroatoms. The Bertz CT molecular complexity index is 520. The third kappa shape index (κ3) is 3.13. The van der Waals surface area contributed by atoms with E-state index >= 15 is 0 Å². The number of aromatic nitrogens is 1. The van der Waals surface area contributed by atoms with Gasteiger partial charge in [0.1, 0.15) is 11.9 Å². The van der Waals surface area contributed by atoms with Gasteiger partial charge < -0.3 is 10.5 Å². The number of nitrogens with zero attached hydrogens (tertiary/aromatic N) is 1. The summed E-state index contributed by atoms with van der Waals surface area (Å²) in [6.07, 6.45) is 3.18. The van der Waals surface area contributed by atoms with Crippen LogP contribution >= 0.6 is 23.2 Å². The minimum absolute atomic E-state index is 0.254. The monoisotopic (exact) mass is 282 g/mol. The lowest BCUT2D eigenvalue weighted by Crippen LogP contribution is -2.18. The zero-order chi connectivity index (χ0) is 13.0. The summed E-state index contributed by atoms with van der Waals surface area (Å²) < 4.78 is 5.78. The molecule has 0 fully saturated rings. The second kappa shape index (κ2) is 6.05. The van der Waals surface area contributed by atoms with Crippen molar-refractivity contribution in [2.75, 3.05) is 6.54 Å². The lowest BCUT2D eigenvalue weighted by molar-refractivity contribution is 0.214. The summed E-state index contributed by atoms with van der Waals surface area (Å²) in [6, 6.07) is 8.88. The zero-order valence-corrected chi connectivity index (χ0v) is 11.0. The summed E-state index contributed by atoms with van der Waals surface area (Å²) >= 11 is 11.8. The van der Waals surface area contributed by atoms with E-state index in [1.165, 1.54) is 0 Å². The molecule has 2 rings (SSSR count). The van der Waals surface area contributed by atoms with Crippen molar-refractivity contribution in [2.45, 2.75) is 6.10 Å². The first-order valence-corrected chi connectivity index (χ1v) is 6.18. The number of halogens is 2. The third-order valence-corrected chi connectivity index (χ3v) is 3.18. The molecule has 0 radical (unpaired) electrons. The van der Waals surface area contributed by atoms with Crippen molar-refractivity contribution in [3.05, 3.63) is 58.3 Å². The van der Waals surface area contributed by atoms with Crippen molar-refractivity contribution >= 4 is 23.2 Å². The molecule has 0 saturated heterocycles. The molecular formula is C13H12Cl2N2O. The van der Waals surface area contributed by atoms with Crippen molar-refractivity contribution in [1.82, 2.24) is 4.98 Å². The number of benzene rings is 1. The average molecular weight is 283 g/mol. The van der Waals surface area contributed by atoms with Crippen LogP contribution < -0.4 is 10.5 Å². The van der Waals surface area contributed by atoms with Gasteiger partial charge in [-0.3, -0.25) is 4.98 Å². The number of pyridine rings is 1. The van der Waals surface area contributed by atoms with Gasteiger partial charge in [-0.2, -0.15) is 0 Å². The number of hydrogen-bond acceptors (Lipinski definition) is 3. The maximum atomic E-state index is 5.93. The summed E-state index contributed by atoms with van der Waals surface area (Å²) in [7, 11) is 0. The van der Waals surface area contributed by atoms with E-state index in [-0.39, 0.29) is 6.10 Å². The molecule has 1 atom stereocenters. The van der Waals surface area contributed by atoms with E-state index < -0.39 is 0 Å². The van der Waals surface area contributed by atoms with E-state index in [0.717, 1.165) is 5.56 Å². The van der Waals surface area contributed by atoms with Gasteiger partial charge in [-0.15, -0.1) is 0 Å². The minimum atomic E-state index is -0.254. The quantitative estimate of drug-likeness (QED) is 0.934. The van der Waals surface area contributed by atoms with Gasteiger partial charge in [-0.1, -0.05) is 29.3 Å². The highest BCUT2D eigenvalue weighted by atomic mass is 35.5. The molecule has 2 aromatic rings.